The Hall–Kier alpha value is -10.3. The highest BCUT2D eigenvalue weighted by Crippen LogP contribution is 2.45. The van der Waals surface area contributed by atoms with Crippen LogP contribution in [0.15, 0.2) is 147 Å². The van der Waals surface area contributed by atoms with Gasteiger partial charge in [0.15, 0.2) is 17.5 Å². The molecule has 0 aliphatic carbocycles. The average molecular weight is 1060 g/mol. The Kier molecular flexibility index (Phi) is 11.8. The van der Waals surface area contributed by atoms with E-state index in [2.05, 4.69) is 50.4 Å². The Bertz CT molecular complexity index is 4460. The van der Waals surface area contributed by atoms with Gasteiger partial charge in [0.05, 0.1) is 62.8 Å². The highest BCUT2D eigenvalue weighted by Gasteiger charge is 2.32. The van der Waals surface area contributed by atoms with Crippen molar-refractivity contribution in [2.75, 3.05) is 23.7 Å². The van der Waals surface area contributed by atoms with Gasteiger partial charge in [-0.2, -0.15) is 5.10 Å². The molecule has 0 bridgehead atoms. The number of aromatic amines is 2. The monoisotopic (exact) mass is 1060 g/mol. The number of amides is 1. The number of aromatic nitrogens is 14. The summed E-state index contributed by atoms with van der Waals surface area (Å²) in [4.78, 5) is 69.8. The zero-order valence-electron chi connectivity index (χ0n) is 42.9. The van der Waals surface area contributed by atoms with Gasteiger partial charge in [0.25, 0.3) is 5.91 Å². The molecule has 1 amide bonds. The van der Waals surface area contributed by atoms with E-state index in [1.54, 1.807) is 91.5 Å². The molecule has 13 heterocycles. The summed E-state index contributed by atoms with van der Waals surface area (Å²) >= 11 is 0. The summed E-state index contributed by atoms with van der Waals surface area (Å²) in [6.07, 6.45) is 20.7. The van der Waals surface area contributed by atoms with Gasteiger partial charge in [-0.3, -0.25) is 49.3 Å². The molecule has 1 saturated heterocycles. The van der Waals surface area contributed by atoms with Gasteiger partial charge in [0, 0.05) is 108 Å². The van der Waals surface area contributed by atoms with Crippen molar-refractivity contribution >= 4 is 55.8 Å². The highest BCUT2D eigenvalue weighted by molar-refractivity contribution is 6.05. The molecule has 12 aromatic rings. The summed E-state index contributed by atoms with van der Waals surface area (Å²) < 4.78 is 36.7. The minimum absolute atomic E-state index is 0.0526. The van der Waals surface area contributed by atoms with Crippen molar-refractivity contribution < 1.29 is 13.6 Å². The lowest BCUT2D eigenvalue weighted by Crippen LogP contribution is -2.22. The number of hydrogen-bond donors (Lipinski definition) is 4. The fourth-order valence-electron chi connectivity index (χ4n) is 10.8. The fourth-order valence-corrected chi connectivity index (χ4v) is 10.8. The van der Waals surface area contributed by atoms with Gasteiger partial charge in [-0.25, -0.2) is 23.7 Å². The Morgan fingerprint density at radius 2 is 1.35 bits per heavy atom. The van der Waals surface area contributed by atoms with Crippen LogP contribution < -0.4 is 10.6 Å². The number of likely N-dealkylation sites (tertiary alicyclic amines) is 1. The van der Waals surface area contributed by atoms with Crippen molar-refractivity contribution in [3.05, 3.63) is 181 Å². The maximum Gasteiger partial charge on any atom is 0.255 e. The number of imidazole rings is 2. The third-order valence-corrected chi connectivity index (χ3v) is 14.5. The summed E-state index contributed by atoms with van der Waals surface area (Å²) in [6, 6.07) is 23.0. The number of H-pyrrole nitrogens is 2. The van der Waals surface area contributed by atoms with E-state index in [1.807, 2.05) is 61.7 Å². The lowest BCUT2D eigenvalue weighted by atomic mass is 9.92. The van der Waals surface area contributed by atoms with Gasteiger partial charge in [-0.1, -0.05) is 24.3 Å². The second-order valence-corrected chi connectivity index (χ2v) is 19.8. The van der Waals surface area contributed by atoms with Crippen LogP contribution in [0.3, 0.4) is 0 Å². The molecule has 11 aromatic heterocycles. The third-order valence-electron chi connectivity index (χ3n) is 14.5. The average Bonchev–Trinajstić information content (AvgIpc) is 4.40. The smallest absolute Gasteiger partial charge is 0.255 e. The number of anilines is 2. The minimum atomic E-state index is -0.661. The molecule has 1 unspecified atom stereocenters. The van der Waals surface area contributed by atoms with E-state index in [4.69, 9.17) is 30.0 Å². The molecule has 2 aliphatic rings. The second-order valence-electron chi connectivity index (χ2n) is 19.8. The van der Waals surface area contributed by atoms with E-state index in [9.17, 15) is 4.79 Å². The van der Waals surface area contributed by atoms with Crippen molar-refractivity contribution in [3.8, 4) is 67.9 Å². The van der Waals surface area contributed by atoms with Gasteiger partial charge in [0.2, 0.25) is 0 Å². The van der Waals surface area contributed by atoms with Gasteiger partial charge >= 0.3 is 0 Å². The molecule has 14 rings (SSSR count). The van der Waals surface area contributed by atoms with E-state index in [0.29, 0.717) is 107 Å². The summed E-state index contributed by atoms with van der Waals surface area (Å²) in [5.74, 6) is -0.828. The maximum atomic E-state index is 18.0. The molecule has 2 aliphatic heterocycles. The number of nitrogens with zero attached hydrogens (tertiary/aromatic N) is 13. The van der Waals surface area contributed by atoms with Crippen molar-refractivity contribution in [2.24, 2.45) is 7.05 Å². The van der Waals surface area contributed by atoms with Gasteiger partial charge in [0.1, 0.15) is 39.6 Å². The molecule has 1 fully saturated rings. The molecule has 0 spiro atoms. The number of pyridine rings is 8. The molecule has 20 heteroatoms. The van der Waals surface area contributed by atoms with E-state index >= 15 is 8.78 Å². The lowest BCUT2D eigenvalue weighted by Gasteiger charge is -2.27. The van der Waals surface area contributed by atoms with Crippen LogP contribution in [0.5, 0.6) is 0 Å². The van der Waals surface area contributed by atoms with Crippen molar-refractivity contribution in [3.63, 3.8) is 0 Å². The zero-order valence-corrected chi connectivity index (χ0v) is 42.9. The van der Waals surface area contributed by atoms with Crippen LogP contribution in [0.2, 0.25) is 0 Å². The first-order valence-corrected chi connectivity index (χ1v) is 26.0. The summed E-state index contributed by atoms with van der Waals surface area (Å²) in [6.45, 7) is 4.73. The van der Waals surface area contributed by atoms with Gasteiger partial charge < -0.3 is 20.6 Å². The summed E-state index contributed by atoms with van der Waals surface area (Å²) in [7, 11) is 1.74. The largest absolute Gasteiger partial charge is 0.377 e. The number of rotatable bonds is 11. The predicted octanol–water partition coefficient (Wildman–Crippen LogP) is 10.9. The van der Waals surface area contributed by atoms with Crippen LogP contribution in [0.4, 0.5) is 20.2 Å². The number of hydrogen-bond acceptors (Lipinski definition) is 14. The number of nitrogens with one attached hydrogen (secondary N) is 4. The van der Waals surface area contributed by atoms with Crippen LogP contribution in [-0.2, 0) is 13.6 Å². The number of benzene rings is 1. The first-order chi connectivity index (χ1) is 39.2. The van der Waals surface area contributed by atoms with Crippen LogP contribution in [0.25, 0.3) is 106 Å². The number of halogens is 2. The molecular weight excluding hydrogens is 1010 g/mol. The Morgan fingerprint density at radius 1 is 0.650 bits per heavy atom. The minimum Gasteiger partial charge on any atom is -0.377 e. The predicted molar refractivity (Wildman–Crippen MR) is 300 cm³/mol. The number of fused-ring (bicyclic) bond motifs is 4. The summed E-state index contributed by atoms with van der Waals surface area (Å²) in [5.41, 5.74) is 10.2. The summed E-state index contributed by atoms with van der Waals surface area (Å²) in [5, 5.41) is 11.4. The molecule has 0 radical (unpaired) electrons. The topological polar surface area (TPSA) is 223 Å². The van der Waals surface area contributed by atoms with Crippen molar-refractivity contribution in [1.82, 2.24) is 74.5 Å². The lowest BCUT2D eigenvalue weighted by molar-refractivity contribution is 0.102. The van der Waals surface area contributed by atoms with Crippen molar-refractivity contribution in [2.45, 2.75) is 32.4 Å². The quantitative estimate of drug-likeness (QED) is 0.0946. The van der Waals surface area contributed by atoms with Gasteiger partial charge in [-0.15, -0.1) is 0 Å². The van der Waals surface area contributed by atoms with E-state index in [-0.39, 0.29) is 34.3 Å². The van der Waals surface area contributed by atoms with Crippen LogP contribution in [0.1, 0.15) is 47.1 Å². The Morgan fingerprint density at radius 3 is 2.14 bits per heavy atom. The normalized spacial score (nSPS) is 14.4. The van der Waals surface area contributed by atoms with Crippen LogP contribution in [-0.4, -0.2) is 99.5 Å². The molecular formula is C60H45F2N17O. The van der Waals surface area contributed by atoms with Crippen molar-refractivity contribution in [1.29, 1.82) is 0 Å². The van der Waals surface area contributed by atoms with E-state index in [1.165, 1.54) is 12.4 Å². The first kappa shape index (κ1) is 48.1. The molecule has 80 heavy (non-hydrogen) atoms. The molecule has 1 atom stereocenters. The molecule has 18 nitrogen and oxygen atoms in total. The fraction of sp³-hybridized carbons (Fsp3) is 0.133. The standard InChI is InChI=1S/C60H45F2N17O/c1-32-22-40(58-72-41-13-18-67-51(53(41)75-58)34-10-15-63-16-11-34)45-47(61)50(38-24-39(29-65-28-38)71-60(80)35-8-4-3-5-9-35)74-55(56(45)70-32)43-25-36(12-17-66-43)52-54-42(14-19-68-52)73-59(76-54)57-46-44(78(2)77-57)30-69-49(48(46)62)37-23-33(26-64-27-37)31-79-20-6-7-21-79/h3-5,8-19,22-30,32,70H,6-7,20-21,31H2,1-2H3,(H,71,80)(H,72,75)(H,73,76). The highest BCUT2D eigenvalue weighted by atomic mass is 19.1. The molecule has 0 saturated carbocycles. The number of carbonyl (C=O) groups is 1. The first-order valence-electron chi connectivity index (χ1n) is 26.0. The third kappa shape index (κ3) is 8.54. The maximum absolute atomic E-state index is 18.0. The second kappa shape index (κ2) is 19.6. The van der Waals surface area contributed by atoms with E-state index < -0.39 is 11.6 Å². The number of carbonyl (C=O) groups excluding carboxylic acids is 1. The van der Waals surface area contributed by atoms with Crippen LogP contribution >= 0.6 is 0 Å². The molecule has 4 N–H and O–H groups in total. The SMILES string of the molecule is CC1C=C(c2nc3c(-c4ccncc4)nccc3[nH]2)c2c(F)c(-c3cncc(NC(=O)c4ccccc4)c3)nc(-c3cc(-c4nccc5[nH]c(-c6nn(C)c7cnc(-c8cncc(CN9CCCC9)c8)c(F)c67)nc45)ccn3)c2N1. The zero-order chi connectivity index (χ0) is 54.0. The Balaban J connectivity index is 0.883. The number of aryl methyl sites for hydroxylation is 1. The molecule has 1 aromatic carbocycles. The molecule has 390 valence electrons. The van der Waals surface area contributed by atoms with Crippen LogP contribution in [0, 0.1) is 11.6 Å². The van der Waals surface area contributed by atoms with E-state index in [0.717, 1.165) is 43.6 Å². The van der Waals surface area contributed by atoms with Gasteiger partial charge in [-0.05, 0) is 99.1 Å². The Labute approximate surface area is 454 Å².